The number of benzene rings is 1. The maximum atomic E-state index is 11.7. The summed E-state index contributed by atoms with van der Waals surface area (Å²) in [7, 11) is 0. The number of nitrogens with zero attached hydrogens (tertiary/aromatic N) is 1. The Morgan fingerprint density at radius 2 is 2.00 bits per heavy atom. The Balaban J connectivity index is 2.95. The molecule has 0 saturated carbocycles. The molecule has 0 spiro atoms. The highest BCUT2D eigenvalue weighted by atomic mass is 16.5. The number of aliphatic hydroxyl groups is 1. The predicted molar refractivity (Wildman–Crippen MR) is 75.8 cm³/mol. The Morgan fingerprint density at radius 3 is 2.58 bits per heavy atom. The van der Waals surface area contributed by atoms with Crippen molar-refractivity contribution in [2.75, 3.05) is 6.61 Å². The summed E-state index contributed by atoms with van der Waals surface area (Å²) < 4.78 is 4.91. The van der Waals surface area contributed by atoms with Gasteiger partial charge in [-0.1, -0.05) is 25.1 Å². The first-order valence-electron chi connectivity index (χ1n) is 6.37. The Bertz CT molecular complexity index is 464. The zero-order chi connectivity index (χ0) is 14.1. The van der Waals surface area contributed by atoms with Crippen LogP contribution in [-0.2, 0) is 9.53 Å². The van der Waals surface area contributed by atoms with E-state index in [9.17, 15) is 9.90 Å². The van der Waals surface area contributed by atoms with Crippen LogP contribution in [0.1, 0.15) is 26.7 Å². The van der Waals surface area contributed by atoms with Crippen molar-refractivity contribution in [3.05, 3.63) is 41.7 Å². The van der Waals surface area contributed by atoms with Crippen molar-refractivity contribution in [1.29, 1.82) is 0 Å². The quantitative estimate of drug-likeness (QED) is 0.368. The van der Waals surface area contributed by atoms with E-state index in [1.54, 1.807) is 6.92 Å². The monoisotopic (exact) mass is 261 g/mol. The second kappa shape index (κ2) is 8.08. The molecule has 1 aromatic carbocycles. The molecule has 4 heteroatoms. The van der Waals surface area contributed by atoms with Crippen LogP contribution in [0.2, 0.25) is 0 Å². The molecule has 0 atom stereocenters. The number of aliphatic hydroxyl groups excluding tert-OH is 1. The fourth-order valence-corrected chi connectivity index (χ4v) is 1.48. The van der Waals surface area contributed by atoms with Gasteiger partial charge in [0.05, 0.1) is 12.3 Å². The first-order valence-corrected chi connectivity index (χ1v) is 6.37. The first-order chi connectivity index (χ1) is 9.19. The molecule has 0 aliphatic carbocycles. The van der Waals surface area contributed by atoms with Crippen LogP contribution in [0.15, 0.2) is 46.7 Å². The van der Waals surface area contributed by atoms with Crippen LogP contribution >= 0.6 is 0 Å². The molecule has 0 heterocycles. The summed E-state index contributed by atoms with van der Waals surface area (Å²) in [6.07, 6.45) is 2.53. The molecule has 102 valence electrons. The Morgan fingerprint density at radius 1 is 1.32 bits per heavy atom. The summed E-state index contributed by atoms with van der Waals surface area (Å²) in [6.45, 7) is 3.91. The SMILES string of the molecule is CCC/C(O)=C(/C=Nc1ccccc1)C(=O)OCC. The number of hydrogen-bond acceptors (Lipinski definition) is 4. The summed E-state index contributed by atoms with van der Waals surface area (Å²) in [6, 6.07) is 9.22. The van der Waals surface area contributed by atoms with Gasteiger partial charge in [-0.05, 0) is 25.5 Å². The fourth-order valence-electron chi connectivity index (χ4n) is 1.48. The lowest BCUT2D eigenvalue weighted by molar-refractivity contribution is -0.138. The van der Waals surface area contributed by atoms with Crippen LogP contribution in [-0.4, -0.2) is 23.9 Å². The van der Waals surface area contributed by atoms with Crippen molar-refractivity contribution in [2.24, 2.45) is 4.99 Å². The number of ether oxygens (including phenoxy) is 1. The largest absolute Gasteiger partial charge is 0.511 e. The van der Waals surface area contributed by atoms with Gasteiger partial charge < -0.3 is 9.84 Å². The van der Waals surface area contributed by atoms with Crippen LogP contribution in [0.4, 0.5) is 5.69 Å². The second-order valence-electron chi connectivity index (χ2n) is 3.92. The molecule has 1 rings (SSSR count). The van der Waals surface area contributed by atoms with Gasteiger partial charge in [-0.15, -0.1) is 0 Å². The van der Waals surface area contributed by atoms with Crippen molar-refractivity contribution in [2.45, 2.75) is 26.7 Å². The third kappa shape index (κ3) is 4.95. The minimum Gasteiger partial charge on any atom is -0.511 e. The summed E-state index contributed by atoms with van der Waals surface area (Å²) in [5, 5.41) is 9.87. The summed E-state index contributed by atoms with van der Waals surface area (Å²) >= 11 is 0. The number of hydrogen-bond donors (Lipinski definition) is 1. The van der Waals surface area contributed by atoms with E-state index in [1.807, 2.05) is 37.3 Å². The number of aliphatic imine (C=N–C) groups is 1. The minimum atomic E-state index is -0.548. The molecule has 1 aromatic rings. The highest BCUT2D eigenvalue weighted by molar-refractivity contribution is 6.10. The van der Waals surface area contributed by atoms with Crippen LogP contribution in [0.25, 0.3) is 0 Å². The van der Waals surface area contributed by atoms with Crippen molar-refractivity contribution < 1.29 is 14.6 Å². The lowest BCUT2D eigenvalue weighted by Crippen LogP contribution is -2.11. The van der Waals surface area contributed by atoms with E-state index >= 15 is 0 Å². The third-order valence-corrected chi connectivity index (χ3v) is 2.39. The lowest BCUT2D eigenvalue weighted by Gasteiger charge is -2.05. The molecule has 0 bridgehead atoms. The number of carbonyl (C=O) groups excluding carboxylic acids is 1. The van der Waals surface area contributed by atoms with Gasteiger partial charge in [-0.25, -0.2) is 4.79 Å². The number of allylic oxidation sites excluding steroid dienone is 1. The Kier molecular flexibility index (Phi) is 6.36. The third-order valence-electron chi connectivity index (χ3n) is 2.39. The highest BCUT2D eigenvalue weighted by Gasteiger charge is 2.13. The van der Waals surface area contributed by atoms with Gasteiger partial charge in [-0.2, -0.15) is 0 Å². The summed E-state index contributed by atoms with van der Waals surface area (Å²) in [5.74, 6) is -0.534. The van der Waals surface area contributed by atoms with E-state index < -0.39 is 5.97 Å². The van der Waals surface area contributed by atoms with Gasteiger partial charge in [-0.3, -0.25) is 4.99 Å². The summed E-state index contributed by atoms with van der Waals surface area (Å²) in [4.78, 5) is 15.9. The molecule has 0 aromatic heterocycles. The molecule has 0 radical (unpaired) electrons. The maximum absolute atomic E-state index is 11.7. The molecule has 0 aliphatic rings. The average molecular weight is 261 g/mol. The van der Waals surface area contributed by atoms with Gasteiger partial charge in [0.2, 0.25) is 0 Å². The van der Waals surface area contributed by atoms with Crippen LogP contribution in [0.3, 0.4) is 0 Å². The molecule has 1 N–H and O–H groups in total. The van der Waals surface area contributed by atoms with Gasteiger partial charge in [0.1, 0.15) is 11.3 Å². The minimum absolute atomic E-state index is 0.0145. The van der Waals surface area contributed by atoms with E-state index in [2.05, 4.69) is 4.99 Å². The molecule has 0 fully saturated rings. The normalized spacial score (nSPS) is 12.3. The van der Waals surface area contributed by atoms with E-state index in [4.69, 9.17) is 4.74 Å². The lowest BCUT2D eigenvalue weighted by atomic mass is 10.1. The zero-order valence-electron chi connectivity index (χ0n) is 11.3. The van der Waals surface area contributed by atoms with E-state index in [0.717, 1.165) is 6.42 Å². The van der Waals surface area contributed by atoms with Gasteiger partial charge >= 0.3 is 5.97 Å². The van der Waals surface area contributed by atoms with Crippen molar-refractivity contribution in [3.8, 4) is 0 Å². The van der Waals surface area contributed by atoms with Crippen molar-refractivity contribution in [1.82, 2.24) is 0 Å². The van der Waals surface area contributed by atoms with Gasteiger partial charge in [0.15, 0.2) is 0 Å². The first kappa shape index (κ1) is 15.0. The van der Waals surface area contributed by atoms with E-state index in [-0.39, 0.29) is 17.9 Å². The van der Waals surface area contributed by atoms with Crippen molar-refractivity contribution in [3.63, 3.8) is 0 Å². The molecule has 0 amide bonds. The predicted octanol–water partition coefficient (Wildman–Crippen LogP) is 3.56. The van der Waals surface area contributed by atoms with Crippen molar-refractivity contribution >= 4 is 17.9 Å². The summed E-state index contributed by atoms with van der Waals surface area (Å²) in [5.41, 5.74) is 0.834. The molecule has 0 aliphatic heterocycles. The van der Waals surface area contributed by atoms with E-state index in [0.29, 0.717) is 12.1 Å². The van der Waals surface area contributed by atoms with Gasteiger partial charge in [0.25, 0.3) is 0 Å². The molecular weight excluding hydrogens is 242 g/mol. The van der Waals surface area contributed by atoms with Crippen LogP contribution in [0, 0.1) is 0 Å². The number of rotatable bonds is 6. The van der Waals surface area contributed by atoms with E-state index in [1.165, 1.54) is 6.21 Å². The molecular formula is C15H19NO3. The fraction of sp³-hybridized carbons (Fsp3) is 0.333. The smallest absolute Gasteiger partial charge is 0.343 e. The molecule has 19 heavy (non-hydrogen) atoms. The zero-order valence-corrected chi connectivity index (χ0v) is 11.3. The average Bonchev–Trinajstić information content (AvgIpc) is 2.41. The molecule has 0 saturated heterocycles. The second-order valence-corrected chi connectivity index (χ2v) is 3.92. The maximum Gasteiger partial charge on any atom is 0.343 e. The molecule has 0 unspecified atom stereocenters. The van der Waals surface area contributed by atoms with Gasteiger partial charge in [0, 0.05) is 12.6 Å². The Labute approximate surface area is 113 Å². The Hall–Kier alpha value is -2.10. The number of esters is 1. The standard InChI is InChI=1S/C15H19NO3/c1-3-8-14(17)13(15(18)19-4-2)11-16-12-9-6-5-7-10-12/h5-7,9-11,17H,3-4,8H2,1-2H3/b14-13+,16-11?. The number of para-hydroxylation sites is 1. The molecule has 4 nitrogen and oxygen atoms in total. The van der Waals surface area contributed by atoms with Crippen LogP contribution < -0.4 is 0 Å². The highest BCUT2D eigenvalue weighted by Crippen LogP contribution is 2.13. The topological polar surface area (TPSA) is 58.9 Å². The van der Waals surface area contributed by atoms with Crippen LogP contribution in [0.5, 0.6) is 0 Å². The number of carbonyl (C=O) groups is 1.